The van der Waals surface area contributed by atoms with E-state index in [1.807, 2.05) is 60.0 Å². The molecule has 1 aliphatic heterocycles. The summed E-state index contributed by atoms with van der Waals surface area (Å²) in [7, 11) is 1.59. The number of benzene rings is 2. The lowest BCUT2D eigenvalue weighted by atomic mass is 10.1. The molecule has 2 aromatic carbocycles. The SMILES string of the molecule is COc1ccc(C=C2N=C(c3cccs3)OC2=O)cc1OCc1ccccc1. The van der Waals surface area contributed by atoms with Gasteiger partial charge in [0.1, 0.15) is 6.61 Å². The number of hydrogen-bond acceptors (Lipinski definition) is 6. The molecule has 2 heterocycles. The van der Waals surface area contributed by atoms with Gasteiger partial charge in [-0.05, 0) is 40.8 Å². The quantitative estimate of drug-likeness (QED) is 0.452. The highest BCUT2D eigenvalue weighted by molar-refractivity contribution is 7.12. The molecule has 3 aromatic rings. The molecule has 0 N–H and O–H groups in total. The molecule has 1 aliphatic rings. The summed E-state index contributed by atoms with van der Waals surface area (Å²) in [6, 6.07) is 19.1. The minimum Gasteiger partial charge on any atom is -0.493 e. The zero-order chi connectivity index (χ0) is 19.3. The van der Waals surface area contributed by atoms with E-state index >= 15 is 0 Å². The van der Waals surface area contributed by atoms with Gasteiger partial charge in [-0.3, -0.25) is 0 Å². The third-order valence-electron chi connectivity index (χ3n) is 4.08. The van der Waals surface area contributed by atoms with Gasteiger partial charge in [-0.1, -0.05) is 42.5 Å². The first kappa shape index (κ1) is 18.0. The van der Waals surface area contributed by atoms with Crippen molar-refractivity contribution in [2.24, 2.45) is 4.99 Å². The summed E-state index contributed by atoms with van der Waals surface area (Å²) in [5, 5.41) is 1.91. The van der Waals surface area contributed by atoms with E-state index < -0.39 is 5.97 Å². The molecule has 0 unspecified atom stereocenters. The standard InChI is InChI=1S/C22H17NO4S/c1-25-18-10-9-16(13-19(18)26-14-15-6-3-2-4-7-15)12-17-22(24)27-21(23-17)20-8-5-11-28-20/h2-13H,14H2,1H3. The Morgan fingerprint density at radius 3 is 2.68 bits per heavy atom. The monoisotopic (exact) mass is 391 g/mol. The molecule has 0 atom stereocenters. The summed E-state index contributed by atoms with van der Waals surface area (Å²) in [6.07, 6.45) is 1.68. The minimum absolute atomic E-state index is 0.252. The first-order chi connectivity index (χ1) is 13.7. The van der Waals surface area contributed by atoms with Gasteiger partial charge in [0, 0.05) is 0 Å². The predicted octanol–water partition coefficient (Wildman–Crippen LogP) is 4.68. The van der Waals surface area contributed by atoms with Crippen LogP contribution in [0.25, 0.3) is 6.08 Å². The highest BCUT2D eigenvalue weighted by atomic mass is 32.1. The van der Waals surface area contributed by atoms with Gasteiger partial charge in [0.25, 0.3) is 0 Å². The number of nitrogens with zero attached hydrogens (tertiary/aromatic N) is 1. The van der Waals surface area contributed by atoms with Crippen LogP contribution in [0, 0.1) is 0 Å². The molecule has 0 spiro atoms. The molecule has 28 heavy (non-hydrogen) atoms. The van der Waals surface area contributed by atoms with Gasteiger partial charge >= 0.3 is 5.97 Å². The van der Waals surface area contributed by atoms with E-state index in [-0.39, 0.29) is 5.70 Å². The van der Waals surface area contributed by atoms with Crippen molar-refractivity contribution in [2.45, 2.75) is 6.61 Å². The van der Waals surface area contributed by atoms with Gasteiger partial charge in [-0.15, -0.1) is 11.3 Å². The second kappa shape index (κ2) is 8.10. The lowest BCUT2D eigenvalue weighted by molar-refractivity contribution is -0.129. The Morgan fingerprint density at radius 2 is 1.93 bits per heavy atom. The molecule has 0 bridgehead atoms. The number of aliphatic imine (C=N–C) groups is 1. The van der Waals surface area contributed by atoms with Crippen LogP contribution in [0.15, 0.2) is 76.7 Å². The third-order valence-corrected chi connectivity index (χ3v) is 4.94. The van der Waals surface area contributed by atoms with Gasteiger partial charge in [-0.2, -0.15) is 0 Å². The molecule has 6 heteroatoms. The Kier molecular flexibility index (Phi) is 5.21. The van der Waals surface area contributed by atoms with Crippen LogP contribution in [0.5, 0.6) is 11.5 Å². The summed E-state index contributed by atoms with van der Waals surface area (Å²) >= 11 is 1.47. The molecule has 5 nitrogen and oxygen atoms in total. The van der Waals surface area contributed by atoms with Crippen molar-refractivity contribution in [1.29, 1.82) is 0 Å². The average molecular weight is 391 g/mol. The molecular formula is C22H17NO4S. The lowest BCUT2D eigenvalue weighted by Crippen LogP contribution is -2.03. The second-order valence-corrected chi connectivity index (χ2v) is 6.95. The molecule has 4 rings (SSSR count). The fraction of sp³-hybridized carbons (Fsp3) is 0.0909. The normalized spacial score (nSPS) is 14.7. The summed E-state index contributed by atoms with van der Waals surface area (Å²) < 4.78 is 16.6. The number of hydrogen-bond donors (Lipinski definition) is 0. The largest absolute Gasteiger partial charge is 0.493 e. The van der Waals surface area contributed by atoms with E-state index in [9.17, 15) is 4.79 Å². The van der Waals surface area contributed by atoms with E-state index in [0.717, 1.165) is 16.0 Å². The number of rotatable bonds is 6. The van der Waals surface area contributed by atoms with Crippen molar-refractivity contribution >= 4 is 29.3 Å². The van der Waals surface area contributed by atoms with Crippen LogP contribution < -0.4 is 9.47 Å². The van der Waals surface area contributed by atoms with Gasteiger partial charge in [-0.25, -0.2) is 9.79 Å². The average Bonchev–Trinajstić information content (AvgIpc) is 3.38. The van der Waals surface area contributed by atoms with Crippen LogP contribution in [0.3, 0.4) is 0 Å². The summed E-state index contributed by atoms with van der Waals surface area (Å²) in [4.78, 5) is 17.3. The van der Waals surface area contributed by atoms with Crippen molar-refractivity contribution < 1.29 is 19.0 Å². The molecule has 0 amide bonds. The Balaban J connectivity index is 1.58. The highest BCUT2D eigenvalue weighted by Crippen LogP contribution is 2.30. The Hall–Kier alpha value is -3.38. The van der Waals surface area contributed by atoms with Gasteiger partial charge in [0.2, 0.25) is 5.90 Å². The van der Waals surface area contributed by atoms with E-state index in [0.29, 0.717) is 24.0 Å². The smallest absolute Gasteiger partial charge is 0.363 e. The topological polar surface area (TPSA) is 57.1 Å². The molecule has 0 saturated carbocycles. The number of methoxy groups -OCH3 is 1. The Morgan fingerprint density at radius 1 is 1.07 bits per heavy atom. The molecule has 0 saturated heterocycles. The van der Waals surface area contributed by atoms with Crippen molar-refractivity contribution in [3.8, 4) is 11.5 Å². The lowest BCUT2D eigenvalue weighted by Gasteiger charge is -2.11. The Bertz CT molecular complexity index is 1040. The van der Waals surface area contributed by atoms with Gasteiger partial charge < -0.3 is 14.2 Å². The van der Waals surface area contributed by atoms with Crippen LogP contribution >= 0.6 is 11.3 Å². The van der Waals surface area contributed by atoms with Crippen molar-refractivity contribution in [1.82, 2.24) is 0 Å². The van der Waals surface area contributed by atoms with Crippen LogP contribution in [0.2, 0.25) is 0 Å². The van der Waals surface area contributed by atoms with E-state index in [1.54, 1.807) is 19.3 Å². The maximum absolute atomic E-state index is 12.1. The first-order valence-electron chi connectivity index (χ1n) is 8.64. The predicted molar refractivity (Wildman–Crippen MR) is 109 cm³/mol. The Labute approximate surface area is 166 Å². The number of esters is 1. The van der Waals surface area contributed by atoms with E-state index in [1.165, 1.54) is 11.3 Å². The number of carbonyl (C=O) groups is 1. The third kappa shape index (κ3) is 3.97. The molecule has 140 valence electrons. The van der Waals surface area contributed by atoms with Crippen LogP contribution in [-0.4, -0.2) is 19.0 Å². The molecule has 0 aliphatic carbocycles. The minimum atomic E-state index is -0.467. The fourth-order valence-corrected chi connectivity index (χ4v) is 3.35. The van der Waals surface area contributed by atoms with Crippen molar-refractivity contribution in [2.75, 3.05) is 7.11 Å². The van der Waals surface area contributed by atoms with Crippen molar-refractivity contribution in [3.05, 3.63) is 87.7 Å². The molecule has 1 aromatic heterocycles. The summed E-state index contributed by atoms with van der Waals surface area (Å²) in [5.41, 5.74) is 2.08. The number of thiophene rings is 1. The fourth-order valence-electron chi connectivity index (χ4n) is 2.70. The zero-order valence-corrected chi connectivity index (χ0v) is 15.9. The van der Waals surface area contributed by atoms with Gasteiger partial charge in [0.15, 0.2) is 17.2 Å². The van der Waals surface area contributed by atoms with Crippen molar-refractivity contribution in [3.63, 3.8) is 0 Å². The number of carbonyl (C=O) groups excluding carboxylic acids is 1. The van der Waals surface area contributed by atoms with Gasteiger partial charge in [0.05, 0.1) is 12.0 Å². The summed E-state index contributed by atoms with van der Waals surface area (Å²) in [5.74, 6) is 1.08. The maximum atomic E-state index is 12.1. The number of cyclic esters (lactones) is 1. The molecule has 0 fully saturated rings. The van der Waals surface area contributed by atoms with E-state index in [4.69, 9.17) is 14.2 Å². The van der Waals surface area contributed by atoms with Crippen LogP contribution in [0.1, 0.15) is 16.0 Å². The maximum Gasteiger partial charge on any atom is 0.363 e. The number of ether oxygens (including phenoxy) is 3. The van der Waals surface area contributed by atoms with Crippen LogP contribution in [-0.2, 0) is 16.1 Å². The molecule has 0 radical (unpaired) electrons. The molecular weight excluding hydrogens is 374 g/mol. The second-order valence-electron chi connectivity index (χ2n) is 6.00. The van der Waals surface area contributed by atoms with Crippen LogP contribution in [0.4, 0.5) is 0 Å². The first-order valence-corrected chi connectivity index (χ1v) is 9.52. The van der Waals surface area contributed by atoms with E-state index in [2.05, 4.69) is 4.99 Å². The summed E-state index contributed by atoms with van der Waals surface area (Å²) in [6.45, 7) is 0.417. The highest BCUT2D eigenvalue weighted by Gasteiger charge is 2.24. The zero-order valence-electron chi connectivity index (χ0n) is 15.1.